The summed E-state index contributed by atoms with van der Waals surface area (Å²) >= 11 is 0. The second kappa shape index (κ2) is 7.86. The van der Waals surface area contributed by atoms with Gasteiger partial charge in [-0.3, -0.25) is 0 Å². The van der Waals surface area contributed by atoms with Crippen LogP contribution in [-0.2, 0) is 18.9 Å². The Morgan fingerprint density at radius 2 is 1.04 bits per heavy atom. The Morgan fingerprint density at radius 3 is 1.41 bits per heavy atom. The van der Waals surface area contributed by atoms with Crippen LogP contribution < -0.4 is 9.47 Å². The van der Waals surface area contributed by atoms with Crippen LogP contribution in [0.1, 0.15) is 23.7 Å². The first kappa shape index (κ1) is 18.3. The molecule has 1 spiro atoms. The summed E-state index contributed by atoms with van der Waals surface area (Å²) in [6, 6.07) is 15.4. The van der Waals surface area contributed by atoms with Gasteiger partial charge < -0.3 is 28.4 Å². The van der Waals surface area contributed by atoms with E-state index < -0.39 is 12.6 Å². The summed E-state index contributed by atoms with van der Waals surface area (Å²) in [6.45, 7) is 1.98. The van der Waals surface area contributed by atoms with Crippen molar-refractivity contribution < 1.29 is 28.4 Å². The minimum atomic E-state index is -0.446. The molecule has 4 rings (SSSR count). The Morgan fingerprint density at radius 1 is 0.667 bits per heavy atom. The summed E-state index contributed by atoms with van der Waals surface area (Å²) in [4.78, 5) is 0. The van der Waals surface area contributed by atoms with Gasteiger partial charge in [-0.1, -0.05) is 36.4 Å². The molecule has 0 aliphatic carbocycles. The molecule has 2 aromatic rings. The molecule has 0 unspecified atom stereocenters. The van der Waals surface area contributed by atoms with E-state index in [0.717, 1.165) is 22.6 Å². The lowest BCUT2D eigenvalue weighted by Crippen LogP contribution is -2.49. The van der Waals surface area contributed by atoms with E-state index in [1.54, 1.807) is 14.2 Å². The van der Waals surface area contributed by atoms with Crippen LogP contribution in [0.2, 0.25) is 0 Å². The molecular formula is C21H24O6. The van der Waals surface area contributed by atoms with Crippen molar-refractivity contribution in [2.75, 3.05) is 40.6 Å². The molecule has 0 saturated carbocycles. The van der Waals surface area contributed by atoms with Crippen LogP contribution in [0.3, 0.4) is 0 Å². The quantitative estimate of drug-likeness (QED) is 0.819. The highest BCUT2D eigenvalue weighted by Gasteiger charge is 2.43. The van der Waals surface area contributed by atoms with Crippen molar-refractivity contribution in [3.63, 3.8) is 0 Å². The van der Waals surface area contributed by atoms with E-state index >= 15 is 0 Å². The van der Waals surface area contributed by atoms with Crippen LogP contribution >= 0.6 is 0 Å². The maximum atomic E-state index is 6.00. The fourth-order valence-corrected chi connectivity index (χ4v) is 3.44. The van der Waals surface area contributed by atoms with E-state index in [-0.39, 0.29) is 5.41 Å². The maximum absolute atomic E-state index is 6.00. The topological polar surface area (TPSA) is 55.4 Å². The maximum Gasteiger partial charge on any atom is 0.187 e. The molecule has 2 heterocycles. The number of benzene rings is 2. The fraction of sp³-hybridized carbons (Fsp3) is 0.429. The Labute approximate surface area is 158 Å². The van der Waals surface area contributed by atoms with Gasteiger partial charge in [-0.05, 0) is 12.1 Å². The molecule has 0 radical (unpaired) electrons. The van der Waals surface area contributed by atoms with Gasteiger partial charge in [0.05, 0.1) is 46.1 Å². The second-order valence-electron chi connectivity index (χ2n) is 6.89. The number of rotatable bonds is 4. The van der Waals surface area contributed by atoms with Gasteiger partial charge in [0.25, 0.3) is 0 Å². The Bertz CT molecular complexity index is 692. The molecule has 0 atom stereocenters. The number of para-hydroxylation sites is 2. The normalized spacial score (nSPS) is 28.1. The molecule has 0 N–H and O–H groups in total. The van der Waals surface area contributed by atoms with E-state index in [1.165, 1.54) is 0 Å². The first-order chi connectivity index (χ1) is 13.2. The molecule has 2 saturated heterocycles. The molecular weight excluding hydrogens is 348 g/mol. The van der Waals surface area contributed by atoms with Crippen molar-refractivity contribution in [3.8, 4) is 11.5 Å². The number of ether oxygens (including phenoxy) is 6. The van der Waals surface area contributed by atoms with Gasteiger partial charge >= 0.3 is 0 Å². The fourth-order valence-electron chi connectivity index (χ4n) is 3.44. The average Bonchev–Trinajstić information content (AvgIpc) is 2.75. The van der Waals surface area contributed by atoms with E-state index in [9.17, 15) is 0 Å². The second-order valence-corrected chi connectivity index (χ2v) is 6.89. The van der Waals surface area contributed by atoms with E-state index in [2.05, 4.69) is 0 Å². The molecule has 6 heteroatoms. The van der Waals surface area contributed by atoms with Gasteiger partial charge in [0.15, 0.2) is 12.6 Å². The van der Waals surface area contributed by atoms with E-state index in [4.69, 9.17) is 28.4 Å². The molecule has 27 heavy (non-hydrogen) atoms. The smallest absolute Gasteiger partial charge is 0.187 e. The summed E-state index contributed by atoms with van der Waals surface area (Å²) in [6.07, 6.45) is -0.891. The number of hydrogen-bond donors (Lipinski definition) is 0. The third-order valence-electron chi connectivity index (χ3n) is 4.95. The minimum Gasteiger partial charge on any atom is -0.496 e. The van der Waals surface area contributed by atoms with Crippen LogP contribution in [0.15, 0.2) is 48.5 Å². The average molecular weight is 372 g/mol. The van der Waals surface area contributed by atoms with Gasteiger partial charge in [-0.2, -0.15) is 0 Å². The van der Waals surface area contributed by atoms with Crippen molar-refractivity contribution in [2.45, 2.75) is 12.6 Å². The zero-order valence-electron chi connectivity index (χ0n) is 15.6. The van der Waals surface area contributed by atoms with Crippen molar-refractivity contribution >= 4 is 0 Å². The lowest BCUT2D eigenvalue weighted by molar-refractivity contribution is -0.307. The summed E-state index contributed by atoms with van der Waals surface area (Å²) in [5.74, 6) is 1.51. The molecule has 2 aromatic carbocycles. The Balaban J connectivity index is 1.39. The van der Waals surface area contributed by atoms with Crippen LogP contribution in [0.4, 0.5) is 0 Å². The molecule has 0 bridgehead atoms. The third kappa shape index (κ3) is 3.66. The monoisotopic (exact) mass is 372 g/mol. The molecule has 0 amide bonds. The predicted octanol–water partition coefficient (Wildman–Crippen LogP) is 3.48. The molecule has 0 aromatic heterocycles. The first-order valence-electron chi connectivity index (χ1n) is 8.97. The minimum absolute atomic E-state index is 0.309. The van der Waals surface area contributed by atoms with Crippen molar-refractivity contribution in [1.29, 1.82) is 0 Å². The zero-order chi connectivity index (χ0) is 18.7. The molecule has 144 valence electrons. The van der Waals surface area contributed by atoms with Gasteiger partial charge in [0, 0.05) is 11.1 Å². The van der Waals surface area contributed by atoms with Gasteiger partial charge in [-0.15, -0.1) is 0 Å². The van der Waals surface area contributed by atoms with E-state index in [0.29, 0.717) is 26.4 Å². The summed E-state index contributed by atoms with van der Waals surface area (Å²) in [5.41, 5.74) is 1.47. The van der Waals surface area contributed by atoms with Crippen molar-refractivity contribution in [3.05, 3.63) is 59.7 Å². The Hall–Kier alpha value is -2.12. The van der Waals surface area contributed by atoms with Gasteiger partial charge in [0.1, 0.15) is 11.5 Å². The summed E-state index contributed by atoms with van der Waals surface area (Å²) in [5, 5.41) is 0. The standard InChI is InChI=1S/C21H24O6/c1-22-17-9-5-3-7-15(17)19-24-11-21(12-25-19)13-26-20(27-14-21)16-8-4-6-10-18(16)23-2/h3-10,19-20H,11-14H2,1-2H3. The van der Waals surface area contributed by atoms with Crippen molar-refractivity contribution in [1.82, 2.24) is 0 Å². The SMILES string of the molecule is COc1ccccc1C1OCC2(CO1)COC(c1ccccc1OC)OC2. The summed E-state index contributed by atoms with van der Waals surface area (Å²) < 4.78 is 34.8. The third-order valence-corrected chi connectivity index (χ3v) is 4.95. The van der Waals surface area contributed by atoms with Gasteiger partial charge in [0.2, 0.25) is 0 Å². The largest absolute Gasteiger partial charge is 0.496 e. The zero-order valence-corrected chi connectivity index (χ0v) is 15.6. The molecule has 2 fully saturated rings. The molecule has 2 aliphatic rings. The van der Waals surface area contributed by atoms with Crippen LogP contribution in [-0.4, -0.2) is 40.6 Å². The lowest BCUT2D eigenvalue weighted by atomic mass is 9.90. The van der Waals surface area contributed by atoms with Crippen LogP contribution in [0.5, 0.6) is 11.5 Å². The first-order valence-corrected chi connectivity index (χ1v) is 8.97. The lowest BCUT2D eigenvalue weighted by Gasteiger charge is -2.44. The predicted molar refractivity (Wildman–Crippen MR) is 97.7 cm³/mol. The Kier molecular flexibility index (Phi) is 5.31. The summed E-state index contributed by atoms with van der Waals surface area (Å²) in [7, 11) is 3.29. The highest BCUT2D eigenvalue weighted by atomic mass is 16.7. The molecule has 6 nitrogen and oxygen atoms in total. The van der Waals surface area contributed by atoms with Gasteiger partial charge in [-0.25, -0.2) is 0 Å². The van der Waals surface area contributed by atoms with E-state index in [1.807, 2.05) is 48.5 Å². The van der Waals surface area contributed by atoms with Crippen molar-refractivity contribution in [2.24, 2.45) is 5.41 Å². The molecule has 2 aliphatic heterocycles. The highest BCUT2D eigenvalue weighted by molar-refractivity contribution is 5.35. The number of methoxy groups -OCH3 is 2. The van der Waals surface area contributed by atoms with Crippen LogP contribution in [0, 0.1) is 5.41 Å². The number of hydrogen-bond acceptors (Lipinski definition) is 6. The highest BCUT2D eigenvalue weighted by Crippen LogP contribution is 2.41. The van der Waals surface area contributed by atoms with Crippen LogP contribution in [0.25, 0.3) is 0 Å².